The maximum absolute atomic E-state index is 6.64. The molecule has 0 bridgehead atoms. The highest BCUT2D eigenvalue weighted by Crippen LogP contribution is 2.52. The smallest absolute Gasteiger partial charge is 0.164 e. The number of aryl methyl sites for hydroxylation is 1. The van der Waals surface area contributed by atoms with E-state index in [2.05, 4.69) is 147 Å². The minimum atomic E-state index is -0.0799. The van der Waals surface area contributed by atoms with E-state index in [0.717, 1.165) is 51.8 Å². The van der Waals surface area contributed by atoms with E-state index in [4.69, 9.17) is 19.4 Å². The number of furan rings is 1. The zero-order chi connectivity index (χ0) is 37.1. The van der Waals surface area contributed by atoms with Crippen LogP contribution in [-0.4, -0.2) is 15.0 Å². The van der Waals surface area contributed by atoms with Crippen LogP contribution in [0.2, 0.25) is 0 Å². The van der Waals surface area contributed by atoms with Gasteiger partial charge in [0.2, 0.25) is 0 Å². The van der Waals surface area contributed by atoms with Crippen molar-refractivity contribution in [3.63, 3.8) is 0 Å². The van der Waals surface area contributed by atoms with Crippen molar-refractivity contribution in [2.45, 2.75) is 32.1 Å². The predicted octanol–water partition coefficient (Wildman–Crippen LogP) is 13.2. The fourth-order valence-corrected chi connectivity index (χ4v) is 9.76. The lowest BCUT2D eigenvalue weighted by Gasteiger charge is -2.21. The van der Waals surface area contributed by atoms with Gasteiger partial charge in [-0.25, -0.2) is 15.0 Å². The minimum absolute atomic E-state index is 0.0799. The van der Waals surface area contributed by atoms with Crippen molar-refractivity contribution in [1.82, 2.24) is 15.0 Å². The van der Waals surface area contributed by atoms with Crippen molar-refractivity contribution in [3.8, 4) is 67.5 Å². The average Bonchev–Trinajstić information content (AvgIpc) is 3.87. The fraction of sp³-hybridized carbons (Fsp3) is 0.0962. The molecule has 2 aromatic heterocycles. The van der Waals surface area contributed by atoms with Crippen LogP contribution in [0.25, 0.3) is 101 Å². The van der Waals surface area contributed by atoms with Crippen molar-refractivity contribution in [2.75, 3.05) is 0 Å². The lowest BCUT2D eigenvalue weighted by molar-refractivity contribution is 0.548. The van der Waals surface area contributed by atoms with Crippen LogP contribution >= 0.6 is 0 Å². The monoisotopic (exact) mass is 717 g/mol. The van der Waals surface area contributed by atoms with Crippen LogP contribution in [-0.2, 0) is 11.8 Å². The van der Waals surface area contributed by atoms with Gasteiger partial charge in [-0.3, -0.25) is 0 Å². The molecular weight excluding hydrogens is 683 g/mol. The molecule has 264 valence electrons. The molecule has 0 saturated heterocycles. The van der Waals surface area contributed by atoms with Crippen LogP contribution in [0.4, 0.5) is 0 Å². The highest BCUT2D eigenvalue weighted by molar-refractivity contribution is 6.18. The first kappa shape index (κ1) is 31.4. The number of rotatable bonds is 4. The van der Waals surface area contributed by atoms with Crippen LogP contribution in [0.15, 0.2) is 150 Å². The molecule has 0 unspecified atom stereocenters. The fourth-order valence-electron chi connectivity index (χ4n) is 9.76. The molecule has 2 heterocycles. The Morgan fingerprint density at radius 1 is 0.482 bits per heavy atom. The molecule has 12 rings (SSSR count). The summed E-state index contributed by atoms with van der Waals surface area (Å²) in [7, 11) is 0. The quantitative estimate of drug-likeness (QED) is 0.182. The third kappa shape index (κ3) is 4.44. The molecule has 0 aliphatic heterocycles. The summed E-state index contributed by atoms with van der Waals surface area (Å²) < 4.78 is 6.64. The van der Waals surface area contributed by atoms with Gasteiger partial charge in [-0.15, -0.1) is 0 Å². The number of allylic oxidation sites excluding steroid dienone is 1. The summed E-state index contributed by atoms with van der Waals surface area (Å²) in [5, 5.41) is 3.67. The molecular formula is C52H35N3O. The van der Waals surface area contributed by atoms with E-state index in [1.54, 1.807) is 0 Å². The molecule has 0 atom stereocenters. The maximum Gasteiger partial charge on any atom is 0.164 e. The summed E-state index contributed by atoms with van der Waals surface area (Å²) in [6.07, 6.45) is 4.09. The standard InChI is InChI=1S/C52H35N3O/c1-52(2)42-22-7-6-16-35(42)40-29-33(24-26-43(40)52)50-53-49(31-12-4-3-5-13-31)54-51(55-50)39-21-11-23-45-48(39)41-28-32(25-27-44(41)56-45)34-17-10-19-37-36-18-8-14-30-15-9-20-38(46(30)36)47(34)37/h3-24,26,28-29H,25,27H2,1-2H3. The zero-order valence-electron chi connectivity index (χ0n) is 31.1. The van der Waals surface area contributed by atoms with Gasteiger partial charge in [0.05, 0.1) is 0 Å². The second-order valence-electron chi connectivity index (χ2n) is 15.8. The number of fused-ring (bicyclic) bond motifs is 9. The van der Waals surface area contributed by atoms with Crippen LogP contribution in [0.1, 0.15) is 48.3 Å². The van der Waals surface area contributed by atoms with Crippen molar-refractivity contribution in [2.24, 2.45) is 0 Å². The Hall–Kier alpha value is -6.91. The summed E-state index contributed by atoms with van der Waals surface area (Å²) in [5.74, 6) is 2.93. The Morgan fingerprint density at radius 2 is 1.14 bits per heavy atom. The summed E-state index contributed by atoms with van der Waals surface area (Å²) in [6, 6.07) is 52.1. The second-order valence-corrected chi connectivity index (χ2v) is 15.8. The molecule has 0 N–H and O–H groups in total. The molecule has 56 heavy (non-hydrogen) atoms. The van der Waals surface area contributed by atoms with E-state index < -0.39 is 0 Å². The minimum Gasteiger partial charge on any atom is -0.460 e. The second kappa shape index (κ2) is 11.5. The summed E-state index contributed by atoms with van der Waals surface area (Å²) >= 11 is 0. The van der Waals surface area contributed by atoms with Gasteiger partial charge in [0, 0.05) is 39.5 Å². The van der Waals surface area contributed by atoms with Gasteiger partial charge in [-0.2, -0.15) is 0 Å². The molecule has 4 heteroatoms. The van der Waals surface area contributed by atoms with Crippen molar-refractivity contribution >= 4 is 33.4 Å². The molecule has 3 aliphatic carbocycles. The Balaban J connectivity index is 1.04. The molecule has 4 nitrogen and oxygen atoms in total. The molecule has 0 saturated carbocycles. The van der Waals surface area contributed by atoms with Crippen LogP contribution in [0, 0.1) is 0 Å². The zero-order valence-corrected chi connectivity index (χ0v) is 31.1. The SMILES string of the molecule is CC1(C)c2ccccc2-c2cc(-c3nc(-c4ccccc4)nc(-c4cccc5oc6c(c45)C=C(c4cccc5c4-c4cccc7cccc-5c47)CC6)n3)ccc21. The molecule has 0 amide bonds. The van der Waals surface area contributed by atoms with Gasteiger partial charge in [0.15, 0.2) is 17.5 Å². The van der Waals surface area contributed by atoms with Crippen LogP contribution in [0.5, 0.6) is 0 Å². The molecule has 7 aromatic carbocycles. The molecule has 3 aliphatic rings. The van der Waals surface area contributed by atoms with E-state index in [1.807, 2.05) is 18.2 Å². The van der Waals surface area contributed by atoms with Crippen molar-refractivity contribution in [1.29, 1.82) is 0 Å². The van der Waals surface area contributed by atoms with Gasteiger partial charge in [-0.05, 0) is 91.0 Å². The van der Waals surface area contributed by atoms with E-state index in [1.165, 1.54) is 66.4 Å². The lowest BCUT2D eigenvalue weighted by atomic mass is 9.82. The van der Waals surface area contributed by atoms with Crippen LogP contribution < -0.4 is 0 Å². The van der Waals surface area contributed by atoms with Gasteiger partial charge in [-0.1, -0.05) is 147 Å². The Kier molecular flexibility index (Phi) is 6.48. The number of nitrogens with zero attached hydrogens (tertiary/aromatic N) is 3. The molecule has 0 spiro atoms. The highest BCUT2D eigenvalue weighted by atomic mass is 16.3. The average molecular weight is 718 g/mol. The largest absolute Gasteiger partial charge is 0.460 e. The lowest BCUT2D eigenvalue weighted by Crippen LogP contribution is -2.14. The Bertz CT molecular complexity index is 3160. The van der Waals surface area contributed by atoms with E-state index in [-0.39, 0.29) is 5.41 Å². The topological polar surface area (TPSA) is 51.8 Å². The molecule has 0 radical (unpaired) electrons. The van der Waals surface area contributed by atoms with E-state index in [0.29, 0.717) is 17.5 Å². The number of benzene rings is 7. The summed E-state index contributed by atoms with van der Waals surface area (Å²) in [5.41, 5.74) is 17.8. The third-order valence-electron chi connectivity index (χ3n) is 12.4. The van der Waals surface area contributed by atoms with Crippen molar-refractivity contribution < 1.29 is 4.42 Å². The van der Waals surface area contributed by atoms with Gasteiger partial charge in [0.25, 0.3) is 0 Å². The molecule has 0 fully saturated rings. The Labute approximate surface area is 324 Å². The first-order valence-corrected chi connectivity index (χ1v) is 19.5. The van der Waals surface area contributed by atoms with E-state index in [9.17, 15) is 0 Å². The van der Waals surface area contributed by atoms with Crippen molar-refractivity contribution in [3.05, 3.63) is 174 Å². The number of hydrogen-bond acceptors (Lipinski definition) is 4. The molecule has 9 aromatic rings. The number of hydrogen-bond donors (Lipinski definition) is 0. The summed E-state index contributed by atoms with van der Waals surface area (Å²) in [4.78, 5) is 15.6. The van der Waals surface area contributed by atoms with Crippen LogP contribution in [0.3, 0.4) is 0 Å². The maximum atomic E-state index is 6.64. The van der Waals surface area contributed by atoms with E-state index >= 15 is 0 Å². The van der Waals surface area contributed by atoms with Gasteiger partial charge < -0.3 is 4.42 Å². The predicted molar refractivity (Wildman–Crippen MR) is 228 cm³/mol. The highest BCUT2D eigenvalue weighted by Gasteiger charge is 2.35. The van der Waals surface area contributed by atoms with Gasteiger partial charge >= 0.3 is 0 Å². The summed E-state index contributed by atoms with van der Waals surface area (Å²) in [6.45, 7) is 4.62. The third-order valence-corrected chi connectivity index (χ3v) is 12.4. The van der Waals surface area contributed by atoms with Gasteiger partial charge in [0.1, 0.15) is 11.3 Å². The normalized spacial score (nSPS) is 14.4. The first-order valence-electron chi connectivity index (χ1n) is 19.5. The number of aromatic nitrogens is 3. The Morgan fingerprint density at radius 3 is 2.02 bits per heavy atom. The first-order chi connectivity index (χ1) is 27.5.